The van der Waals surface area contributed by atoms with E-state index in [1.807, 2.05) is 0 Å². The van der Waals surface area contributed by atoms with E-state index < -0.39 is 27.8 Å². The zero-order chi connectivity index (χ0) is 16.4. The van der Waals surface area contributed by atoms with Crippen molar-refractivity contribution in [3.63, 3.8) is 0 Å². The monoisotopic (exact) mass is 304 g/mol. The topological polar surface area (TPSA) is 82.2 Å². The highest BCUT2D eigenvalue weighted by Gasteiger charge is 2.18. The van der Waals surface area contributed by atoms with Gasteiger partial charge in [-0.05, 0) is 43.7 Å². The molecule has 0 aliphatic rings. The standard InChI is InChI=1S/C15H13FN2O4/c1-9-7-11(4-5-12(9)16)14(19)8-17-10(2)3-6-13(15(17)20)18(21)22/h3-7H,8H2,1-2H3. The number of pyridine rings is 1. The van der Waals surface area contributed by atoms with Gasteiger partial charge in [-0.1, -0.05) is 0 Å². The number of Topliss-reactive ketones (excluding diaryl/α,β-unsaturated/α-hetero) is 1. The Bertz CT molecular complexity index is 827. The number of ketones is 1. The van der Waals surface area contributed by atoms with Crippen molar-refractivity contribution < 1.29 is 14.1 Å². The Kier molecular flexibility index (Phi) is 4.16. The predicted octanol–water partition coefficient (Wildman–Crippen LogP) is 2.40. The summed E-state index contributed by atoms with van der Waals surface area (Å²) in [4.78, 5) is 34.2. The average molecular weight is 304 g/mol. The second-order valence-corrected chi connectivity index (χ2v) is 4.90. The minimum absolute atomic E-state index is 0.247. The SMILES string of the molecule is Cc1cc(C(=O)Cn2c(C)ccc([N+](=O)[O-])c2=O)ccc1F. The third-order valence-corrected chi connectivity index (χ3v) is 3.35. The molecule has 2 aromatic rings. The maximum Gasteiger partial charge on any atom is 0.334 e. The number of aryl methyl sites for hydroxylation is 2. The van der Waals surface area contributed by atoms with E-state index in [0.717, 1.165) is 10.6 Å². The molecular formula is C15H13FN2O4. The van der Waals surface area contributed by atoms with Gasteiger partial charge in [-0.3, -0.25) is 24.3 Å². The minimum Gasteiger partial charge on any atom is -0.299 e. The zero-order valence-corrected chi connectivity index (χ0v) is 12.0. The van der Waals surface area contributed by atoms with Crippen molar-refractivity contribution in [2.75, 3.05) is 0 Å². The fourth-order valence-electron chi connectivity index (χ4n) is 2.05. The molecule has 0 amide bonds. The predicted molar refractivity (Wildman–Crippen MR) is 77.6 cm³/mol. The minimum atomic E-state index is -0.836. The van der Waals surface area contributed by atoms with Crippen molar-refractivity contribution in [2.24, 2.45) is 0 Å². The van der Waals surface area contributed by atoms with Crippen LogP contribution in [-0.4, -0.2) is 15.3 Å². The van der Waals surface area contributed by atoms with Gasteiger partial charge in [0.2, 0.25) is 0 Å². The van der Waals surface area contributed by atoms with E-state index in [0.29, 0.717) is 11.3 Å². The first kappa shape index (κ1) is 15.6. The Morgan fingerprint density at radius 1 is 1.27 bits per heavy atom. The Balaban J connectivity index is 2.40. The van der Waals surface area contributed by atoms with E-state index in [4.69, 9.17) is 0 Å². The van der Waals surface area contributed by atoms with Crippen LogP contribution in [0.4, 0.5) is 10.1 Å². The second kappa shape index (κ2) is 5.88. The smallest absolute Gasteiger partial charge is 0.299 e. The quantitative estimate of drug-likeness (QED) is 0.493. The lowest BCUT2D eigenvalue weighted by atomic mass is 10.1. The lowest BCUT2D eigenvalue weighted by molar-refractivity contribution is -0.386. The van der Waals surface area contributed by atoms with Gasteiger partial charge in [0.1, 0.15) is 5.82 Å². The van der Waals surface area contributed by atoms with Gasteiger partial charge in [0, 0.05) is 17.3 Å². The summed E-state index contributed by atoms with van der Waals surface area (Å²) in [5.74, 6) is -0.853. The van der Waals surface area contributed by atoms with Crippen LogP contribution in [0.2, 0.25) is 0 Å². The summed E-state index contributed by atoms with van der Waals surface area (Å²) in [5.41, 5.74) is -0.431. The maximum absolute atomic E-state index is 13.2. The number of carbonyl (C=O) groups excluding carboxylic acids is 1. The molecule has 0 bridgehead atoms. The summed E-state index contributed by atoms with van der Waals surface area (Å²) in [6.07, 6.45) is 0. The molecule has 0 unspecified atom stereocenters. The molecule has 0 spiro atoms. The molecule has 1 heterocycles. The lowest BCUT2D eigenvalue weighted by Crippen LogP contribution is -2.27. The van der Waals surface area contributed by atoms with E-state index >= 15 is 0 Å². The van der Waals surface area contributed by atoms with E-state index in [2.05, 4.69) is 0 Å². The second-order valence-electron chi connectivity index (χ2n) is 4.90. The fourth-order valence-corrected chi connectivity index (χ4v) is 2.05. The highest BCUT2D eigenvalue weighted by Crippen LogP contribution is 2.12. The summed E-state index contributed by atoms with van der Waals surface area (Å²) in [6.45, 7) is 2.77. The zero-order valence-electron chi connectivity index (χ0n) is 12.0. The van der Waals surface area contributed by atoms with Crippen LogP contribution in [0.15, 0.2) is 35.1 Å². The Hall–Kier alpha value is -2.83. The van der Waals surface area contributed by atoms with Gasteiger partial charge in [0.05, 0.1) is 11.5 Å². The van der Waals surface area contributed by atoms with E-state index in [-0.39, 0.29) is 12.1 Å². The number of carbonyl (C=O) groups is 1. The average Bonchev–Trinajstić information content (AvgIpc) is 2.45. The van der Waals surface area contributed by atoms with Crippen LogP contribution in [0.25, 0.3) is 0 Å². The van der Waals surface area contributed by atoms with E-state index in [9.17, 15) is 24.1 Å². The number of aromatic nitrogens is 1. The van der Waals surface area contributed by atoms with Gasteiger partial charge in [-0.2, -0.15) is 0 Å². The van der Waals surface area contributed by atoms with Gasteiger partial charge in [-0.25, -0.2) is 4.39 Å². The molecule has 0 saturated heterocycles. The molecule has 1 aromatic heterocycles. The summed E-state index contributed by atoms with van der Waals surface area (Å²) < 4.78 is 14.3. The molecule has 2 rings (SSSR count). The third kappa shape index (κ3) is 2.93. The van der Waals surface area contributed by atoms with Crippen LogP contribution in [-0.2, 0) is 6.54 Å². The van der Waals surface area contributed by atoms with E-state index in [1.54, 1.807) is 6.92 Å². The van der Waals surface area contributed by atoms with Crippen LogP contribution in [0.5, 0.6) is 0 Å². The molecule has 0 aliphatic heterocycles. The maximum atomic E-state index is 13.2. The molecule has 0 N–H and O–H groups in total. The summed E-state index contributed by atoms with van der Waals surface area (Å²) >= 11 is 0. The molecule has 6 nitrogen and oxygen atoms in total. The lowest BCUT2D eigenvalue weighted by Gasteiger charge is -2.09. The number of hydrogen-bond acceptors (Lipinski definition) is 4. The first-order valence-corrected chi connectivity index (χ1v) is 6.45. The normalized spacial score (nSPS) is 10.5. The summed E-state index contributed by atoms with van der Waals surface area (Å²) in [6, 6.07) is 6.40. The molecule has 7 heteroatoms. The van der Waals surface area contributed by atoms with Crippen LogP contribution in [0.1, 0.15) is 21.6 Å². The first-order valence-electron chi connectivity index (χ1n) is 6.45. The number of halogens is 1. The van der Waals surface area contributed by atoms with Crippen LogP contribution < -0.4 is 5.56 Å². The Morgan fingerprint density at radius 3 is 2.55 bits per heavy atom. The number of benzene rings is 1. The molecule has 0 saturated carbocycles. The molecule has 0 fully saturated rings. The van der Waals surface area contributed by atoms with Crippen molar-refractivity contribution >= 4 is 11.5 Å². The number of nitro groups is 1. The van der Waals surface area contributed by atoms with Crippen LogP contribution >= 0.6 is 0 Å². The first-order chi connectivity index (χ1) is 10.3. The molecule has 0 radical (unpaired) electrons. The van der Waals surface area contributed by atoms with Crippen molar-refractivity contribution in [1.29, 1.82) is 0 Å². The van der Waals surface area contributed by atoms with Gasteiger partial charge in [0.15, 0.2) is 5.78 Å². The van der Waals surface area contributed by atoms with Gasteiger partial charge in [0.25, 0.3) is 0 Å². The van der Waals surface area contributed by atoms with Crippen molar-refractivity contribution in [2.45, 2.75) is 20.4 Å². The molecule has 114 valence electrons. The van der Waals surface area contributed by atoms with Gasteiger partial charge in [-0.15, -0.1) is 0 Å². The van der Waals surface area contributed by atoms with Crippen LogP contribution in [0.3, 0.4) is 0 Å². The number of nitrogens with zero attached hydrogens (tertiary/aromatic N) is 2. The third-order valence-electron chi connectivity index (χ3n) is 3.35. The summed E-state index contributed by atoms with van der Waals surface area (Å²) in [7, 11) is 0. The van der Waals surface area contributed by atoms with Crippen molar-refractivity contribution in [3.8, 4) is 0 Å². The number of rotatable bonds is 4. The van der Waals surface area contributed by atoms with Gasteiger partial charge >= 0.3 is 11.2 Å². The molecule has 22 heavy (non-hydrogen) atoms. The molecule has 0 aliphatic carbocycles. The fraction of sp³-hybridized carbons (Fsp3) is 0.200. The highest BCUT2D eigenvalue weighted by molar-refractivity contribution is 5.96. The molecular weight excluding hydrogens is 291 g/mol. The Morgan fingerprint density at radius 2 is 1.95 bits per heavy atom. The summed E-state index contributed by atoms with van der Waals surface area (Å²) in [5, 5.41) is 10.8. The largest absolute Gasteiger partial charge is 0.334 e. The van der Waals surface area contributed by atoms with E-state index in [1.165, 1.54) is 31.2 Å². The van der Waals surface area contributed by atoms with Crippen molar-refractivity contribution in [1.82, 2.24) is 4.57 Å². The number of hydrogen-bond donors (Lipinski definition) is 0. The van der Waals surface area contributed by atoms with Crippen LogP contribution in [0, 0.1) is 29.8 Å². The molecule has 1 aromatic carbocycles. The van der Waals surface area contributed by atoms with Crippen molar-refractivity contribution in [3.05, 3.63) is 73.4 Å². The van der Waals surface area contributed by atoms with Gasteiger partial charge < -0.3 is 0 Å². The molecule has 0 atom stereocenters. The Labute approximate surface area is 125 Å². The highest BCUT2D eigenvalue weighted by atomic mass is 19.1.